The van der Waals surface area contributed by atoms with Gasteiger partial charge in [-0.1, -0.05) is 70.8 Å². The van der Waals surface area contributed by atoms with Crippen molar-refractivity contribution in [2.75, 3.05) is 44.5 Å². The first-order chi connectivity index (χ1) is 15.5. The zero-order valence-electron chi connectivity index (χ0n) is 21.6. The zero-order valence-corrected chi connectivity index (χ0v) is 23.2. The molecule has 3 nitrogen and oxygen atoms in total. The first-order valence-corrected chi connectivity index (χ1v) is 12.8. The lowest BCUT2D eigenvalue weighted by Crippen LogP contribution is -3.00. The van der Waals surface area contributed by atoms with Gasteiger partial charge in [0.2, 0.25) is 5.70 Å². The van der Waals surface area contributed by atoms with Gasteiger partial charge in [0.1, 0.15) is 5.57 Å². The van der Waals surface area contributed by atoms with Crippen LogP contribution in [0.3, 0.4) is 0 Å². The topological polar surface area (TPSA) is 9.72 Å². The number of rotatable bonds is 13. The minimum Gasteiger partial charge on any atom is -1.00 e. The highest BCUT2D eigenvalue weighted by Gasteiger charge is 2.35. The summed E-state index contributed by atoms with van der Waals surface area (Å²) in [5, 5.41) is 0. The van der Waals surface area contributed by atoms with Crippen LogP contribution in [-0.2, 0) is 6.42 Å². The van der Waals surface area contributed by atoms with E-state index in [0.717, 1.165) is 18.7 Å². The van der Waals surface area contributed by atoms with Crippen molar-refractivity contribution < 1.29 is 17.0 Å². The molecular formula is C29H44BrN3. The lowest BCUT2D eigenvalue weighted by Gasteiger charge is -2.33. The highest BCUT2D eigenvalue weighted by molar-refractivity contribution is 5.76. The number of hydrogen-bond donors (Lipinski definition) is 0. The van der Waals surface area contributed by atoms with Crippen molar-refractivity contribution in [3.05, 3.63) is 59.0 Å². The molecule has 4 heteroatoms. The second-order valence-electron chi connectivity index (χ2n) is 9.78. The van der Waals surface area contributed by atoms with Crippen molar-refractivity contribution in [3.8, 4) is 0 Å². The van der Waals surface area contributed by atoms with Crippen LogP contribution in [-0.4, -0.2) is 39.6 Å². The number of fused-ring (bicyclic) bond motifs is 2. The Morgan fingerprint density at radius 2 is 1.45 bits per heavy atom. The molecule has 0 unspecified atom stereocenters. The van der Waals surface area contributed by atoms with Crippen LogP contribution in [0.25, 0.3) is 0 Å². The third-order valence-electron chi connectivity index (χ3n) is 6.75. The standard InChI is InChI=1S/C29H44N3.BrH/c1-6-7-8-9-10-11-12-13-14-15-21-32-27-20-19-25(30(2)3)22-24(27)23-26-28(31(4)5)17-16-18-29(26)32;/h16-20H,6-15,21,23H2,1-5H3;1H/q+1;/p-1. The molecule has 1 aliphatic heterocycles. The van der Waals surface area contributed by atoms with Gasteiger partial charge in [-0.2, -0.15) is 0 Å². The first kappa shape index (κ1) is 27.5. The SMILES string of the molecule is CCCCCCCCCCCCN1C2=CC=C(N(C)C)[C+]=C2Cc2c(N(C)C)cccc21.[Br-]. The van der Waals surface area contributed by atoms with Crippen LogP contribution >= 0.6 is 0 Å². The summed E-state index contributed by atoms with van der Waals surface area (Å²) in [7, 11) is 8.50. The van der Waals surface area contributed by atoms with Crippen LogP contribution in [0.2, 0.25) is 0 Å². The fraction of sp³-hybridized carbons (Fsp3) is 0.586. The number of nitrogens with zero attached hydrogens (tertiary/aromatic N) is 3. The number of hydrogen-bond acceptors (Lipinski definition) is 3. The highest BCUT2D eigenvalue weighted by Crippen LogP contribution is 2.42. The van der Waals surface area contributed by atoms with Crippen LogP contribution in [0.1, 0.15) is 76.7 Å². The Balaban J connectivity index is 0.00000385. The molecule has 1 aliphatic carbocycles. The van der Waals surface area contributed by atoms with Crippen molar-refractivity contribution in [3.63, 3.8) is 0 Å². The predicted molar refractivity (Wildman–Crippen MR) is 140 cm³/mol. The maximum atomic E-state index is 3.71. The minimum absolute atomic E-state index is 0. The molecule has 1 aromatic carbocycles. The monoisotopic (exact) mass is 513 g/mol. The van der Waals surface area contributed by atoms with Crippen molar-refractivity contribution >= 4 is 11.4 Å². The van der Waals surface area contributed by atoms with Gasteiger partial charge in [-0.3, -0.25) is 4.90 Å². The van der Waals surface area contributed by atoms with E-state index in [9.17, 15) is 0 Å². The van der Waals surface area contributed by atoms with Crippen molar-refractivity contribution in [1.82, 2.24) is 4.90 Å². The number of benzene rings is 1. The van der Waals surface area contributed by atoms with Crippen LogP contribution in [0, 0.1) is 6.08 Å². The molecule has 182 valence electrons. The molecule has 1 heterocycles. The first-order valence-electron chi connectivity index (χ1n) is 12.8. The Kier molecular flexibility index (Phi) is 11.5. The largest absolute Gasteiger partial charge is 1.00 e. The number of halogens is 1. The second kappa shape index (κ2) is 13.8. The Morgan fingerprint density at radius 3 is 2.06 bits per heavy atom. The summed E-state index contributed by atoms with van der Waals surface area (Å²) in [4.78, 5) is 6.96. The molecule has 1 aromatic rings. The van der Waals surface area contributed by atoms with Gasteiger partial charge in [-0.05, 0) is 18.6 Å². The summed E-state index contributed by atoms with van der Waals surface area (Å²) in [5.41, 5.74) is 7.97. The third-order valence-corrected chi connectivity index (χ3v) is 6.75. The van der Waals surface area contributed by atoms with E-state index >= 15 is 0 Å². The van der Waals surface area contributed by atoms with E-state index in [1.165, 1.54) is 92.4 Å². The van der Waals surface area contributed by atoms with E-state index in [1.54, 1.807) is 0 Å². The van der Waals surface area contributed by atoms with Crippen molar-refractivity contribution in [1.29, 1.82) is 0 Å². The molecular weight excluding hydrogens is 470 g/mol. The minimum atomic E-state index is 0. The molecule has 0 bridgehead atoms. The Labute approximate surface area is 214 Å². The average Bonchev–Trinajstić information content (AvgIpc) is 2.78. The second-order valence-corrected chi connectivity index (χ2v) is 9.78. The van der Waals surface area contributed by atoms with Crippen LogP contribution in [0.4, 0.5) is 11.4 Å². The Bertz CT molecular complexity index is 835. The van der Waals surface area contributed by atoms with Crippen molar-refractivity contribution in [2.45, 2.75) is 77.6 Å². The number of allylic oxidation sites excluding steroid dienone is 4. The number of anilines is 2. The fourth-order valence-corrected chi connectivity index (χ4v) is 4.89. The van der Waals surface area contributed by atoms with E-state index in [1.807, 2.05) is 0 Å². The quantitative estimate of drug-likeness (QED) is 0.290. The molecule has 0 aromatic heterocycles. The molecule has 33 heavy (non-hydrogen) atoms. The average molecular weight is 515 g/mol. The van der Waals surface area contributed by atoms with E-state index in [4.69, 9.17) is 0 Å². The van der Waals surface area contributed by atoms with Crippen LogP contribution < -0.4 is 26.8 Å². The molecule has 0 spiro atoms. The summed E-state index contributed by atoms with van der Waals surface area (Å²) >= 11 is 0. The molecule has 2 aliphatic rings. The molecule has 0 saturated carbocycles. The van der Waals surface area contributed by atoms with Gasteiger partial charge in [0.15, 0.2) is 5.70 Å². The molecule has 3 rings (SSSR count). The molecule has 0 amide bonds. The van der Waals surface area contributed by atoms with Gasteiger partial charge < -0.3 is 26.8 Å². The molecule has 0 atom stereocenters. The molecule has 0 fully saturated rings. The number of likely N-dealkylation sites (N-methyl/N-ethyl adjacent to an activating group) is 1. The van der Waals surface area contributed by atoms with E-state index in [0.29, 0.717) is 0 Å². The predicted octanol–water partition coefficient (Wildman–Crippen LogP) is 4.11. The fourth-order valence-electron chi connectivity index (χ4n) is 4.89. The van der Waals surface area contributed by atoms with Gasteiger partial charge in [0.25, 0.3) is 0 Å². The lowest BCUT2D eigenvalue weighted by molar-refractivity contribution is -0.00000677. The molecule has 0 saturated heterocycles. The van der Waals surface area contributed by atoms with E-state index in [2.05, 4.69) is 86.2 Å². The Morgan fingerprint density at radius 1 is 0.818 bits per heavy atom. The summed E-state index contributed by atoms with van der Waals surface area (Å²) in [6.07, 6.45) is 22.9. The summed E-state index contributed by atoms with van der Waals surface area (Å²) in [6.45, 7) is 3.38. The summed E-state index contributed by atoms with van der Waals surface area (Å²) < 4.78 is 0. The zero-order chi connectivity index (χ0) is 22.9. The lowest BCUT2D eigenvalue weighted by atomic mass is 9.89. The van der Waals surface area contributed by atoms with Gasteiger partial charge in [-0.25, -0.2) is 0 Å². The summed E-state index contributed by atoms with van der Waals surface area (Å²) in [5.74, 6) is 0. The maximum Gasteiger partial charge on any atom is 0.205 e. The van der Waals surface area contributed by atoms with Gasteiger partial charge in [0, 0.05) is 52.4 Å². The van der Waals surface area contributed by atoms with Crippen LogP contribution in [0.5, 0.6) is 0 Å². The van der Waals surface area contributed by atoms with E-state index in [-0.39, 0.29) is 17.0 Å². The van der Waals surface area contributed by atoms with Gasteiger partial charge in [0.05, 0.1) is 23.9 Å². The Hall–Kier alpha value is -1.77. The summed E-state index contributed by atoms with van der Waals surface area (Å²) in [6, 6.07) is 6.77. The van der Waals surface area contributed by atoms with Gasteiger partial charge in [-0.15, -0.1) is 0 Å². The van der Waals surface area contributed by atoms with Crippen LogP contribution in [0.15, 0.2) is 47.3 Å². The van der Waals surface area contributed by atoms with Crippen molar-refractivity contribution in [2.24, 2.45) is 0 Å². The maximum absolute atomic E-state index is 3.71. The number of unbranched alkanes of at least 4 members (excludes halogenated alkanes) is 9. The normalized spacial score (nSPS) is 14.2. The molecule has 0 N–H and O–H groups in total. The smallest absolute Gasteiger partial charge is 0.205 e. The highest BCUT2D eigenvalue weighted by atomic mass is 79.9. The van der Waals surface area contributed by atoms with Gasteiger partial charge >= 0.3 is 0 Å². The molecule has 0 radical (unpaired) electrons. The van der Waals surface area contributed by atoms with E-state index < -0.39 is 0 Å². The third kappa shape index (κ3) is 7.36.